The summed E-state index contributed by atoms with van der Waals surface area (Å²) in [6, 6.07) is 13.7. The van der Waals surface area contributed by atoms with Gasteiger partial charge in [0.1, 0.15) is 5.84 Å². The molecule has 0 fully saturated rings. The summed E-state index contributed by atoms with van der Waals surface area (Å²) >= 11 is 6.20. The molecule has 2 rings (SSSR count). The van der Waals surface area contributed by atoms with E-state index in [0.29, 0.717) is 6.54 Å². The topological polar surface area (TPSA) is 53.1 Å². The van der Waals surface area contributed by atoms with Gasteiger partial charge in [0.25, 0.3) is 0 Å². The minimum Gasteiger partial charge on any atom is -0.384 e. The lowest BCUT2D eigenvalue weighted by atomic mass is 10.1. The summed E-state index contributed by atoms with van der Waals surface area (Å²) < 4.78 is 0. The molecule has 0 radical (unpaired) electrons. The van der Waals surface area contributed by atoms with Crippen LogP contribution >= 0.6 is 11.6 Å². The highest BCUT2D eigenvalue weighted by molar-refractivity contribution is 6.31. The monoisotopic (exact) mass is 287 g/mol. The van der Waals surface area contributed by atoms with Crippen molar-refractivity contribution in [1.82, 2.24) is 0 Å². The van der Waals surface area contributed by atoms with Crippen LogP contribution in [-0.2, 0) is 6.54 Å². The van der Waals surface area contributed by atoms with Gasteiger partial charge in [-0.25, -0.2) is 0 Å². The molecule has 3 N–H and O–H groups in total. The molecule has 0 heterocycles. The molecule has 20 heavy (non-hydrogen) atoms. The van der Waals surface area contributed by atoms with Crippen LogP contribution in [0.4, 0.5) is 5.69 Å². The molecule has 4 heteroatoms. The van der Waals surface area contributed by atoms with Crippen molar-refractivity contribution in [3.63, 3.8) is 0 Å². The number of hydrogen-bond donors (Lipinski definition) is 2. The van der Waals surface area contributed by atoms with Gasteiger partial charge in [-0.3, -0.25) is 5.41 Å². The van der Waals surface area contributed by atoms with Crippen LogP contribution in [0.3, 0.4) is 0 Å². The third kappa shape index (κ3) is 3.11. The van der Waals surface area contributed by atoms with Crippen LogP contribution in [0.25, 0.3) is 0 Å². The van der Waals surface area contributed by atoms with E-state index in [0.717, 1.165) is 27.4 Å². The minimum absolute atomic E-state index is 0.0750. The molecule has 3 nitrogen and oxygen atoms in total. The van der Waals surface area contributed by atoms with Crippen LogP contribution in [0.15, 0.2) is 42.5 Å². The fourth-order valence-corrected chi connectivity index (χ4v) is 2.35. The number of anilines is 1. The highest BCUT2D eigenvalue weighted by atomic mass is 35.5. The van der Waals surface area contributed by atoms with Crippen molar-refractivity contribution in [3.8, 4) is 0 Å². The minimum atomic E-state index is 0.0750. The smallest absolute Gasteiger partial charge is 0.124 e. The van der Waals surface area contributed by atoms with E-state index >= 15 is 0 Å². The van der Waals surface area contributed by atoms with Crippen molar-refractivity contribution in [2.24, 2.45) is 5.73 Å². The SMILES string of the molecule is Cc1ccc(C(=N)N)c(N(C)Cc2ccccc2Cl)c1. The molecule has 0 saturated carbocycles. The molecule has 0 aromatic heterocycles. The molecule has 0 saturated heterocycles. The summed E-state index contributed by atoms with van der Waals surface area (Å²) in [6.45, 7) is 2.69. The summed E-state index contributed by atoms with van der Waals surface area (Å²) in [4.78, 5) is 2.06. The molecule has 2 aromatic rings. The number of nitrogens with two attached hydrogens (primary N) is 1. The predicted octanol–water partition coefficient (Wildman–Crippen LogP) is 3.57. The first kappa shape index (κ1) is 14.4. The highest BCUT2D eigenvalue weighted by Crippen LogP contribution is 2.24. The van der Waals surface area contributed by atoms with E-state index in [1.54, 1.807) is 0 Å². The van der Waals surface area contributed by atoms with Crippen molar-refractivity contribution < 1.29 is 0 Å². The third-order valence-corrected chi connectivity index (χ3v) is 3.59. The molecule has 0 aliphatic heterocycles. The van der Waals surface area contributed by atoms with E-state index in [2.05, 4.69) is 4.90 Å². The number of nitrogen functional groups attached to an aromatic ring is 1. The van der Waals surface area contributed by atoms with E-state index in [4.69, 9.17) is 22.7 Å². The molecular weight excluding hydrogens is 270 g/mol. The lowest BCUT2D eigenvalue weighted by Crippen LogP contribution is -2.22. The third-order valence-electron chi connectivity index (χ3n) is 3.22. The number of amidine groups is 1. The first-order valence-electron chi connectivity index (χ1n) is 6.38. The Morgan fingerprint density at radius 1 is 1.25 bits per heavy atom. The van der Waals surface area contributed by atoms with Crippen molar-refractivity contribution in [2.75, 3.05) is 11.9 Å². The average molecular weight is 288 g/mol. The van der Waals surface area contributed by atoms with Crippen molar-refractivity contribution in [1.29, 1.82) is 5.41 Å². The second-order valence-corrected chi connectivity index (χ2v) is 5.29. The number of halogens is 1. The molecular formula is C16H18ClN3. The van der Waals surface area contributed by atoms with E-state index in [1.807, 2.05) is 56.4 Å². The Bertz CT molecular complexity index is 637. The standard InChI is InChI=1S/C16H18ClN3/c1-11-7-8-13(16(18)19)15(9-11)20(2)10-12-5-3-4-6-14(12)17/h3-9H,10H2,1-2H3,(H3,18,19). The molecule has 0 unspecified atom stereocenters. The largest absolute Gasteiger partial charge is 0.384 e. The van der Waals surface area contributed by atoms with Crippen LogP contribution in [-0.4, -0.2) is 12.9 Å². The summed E-state index contributed by atoms with van der Waals surface area (Å²) in [7, 11) is 1.98. The van der Waals surface area contributed by atoms with Crippen LogP contribution in [0, 0.1) is 12.3 Å². The predicted molar refractivity (Wildman–Crippen MR) is 85.8 cm³/mol. The van der Waals surface area contributed by atoms with Gasteiger partial charge in [0.2, 0.25) is 0 Å². The van der Waals surface area contributed by atoms with Gasteiger partial charge in [0, 0.05) is 29.9 Å². The van der Waals surface area contributed by atoms with Gasteiger partial charge in [0.15, 0.2) is 0 Å². The molecule has 0 aliphatic carbocycles. The van der Waals surface area contributed by atoms with Gasteiger partial charge < -0.3 is 10.6 Å². The average Bonchev–Trinajstić information content (AvgIpc) is 2.40. The number of nitrogens with one attached hydrogen (secondary N) is 1. The molecule has 0 amide bonds. The van der Waals surface area contributed by atoms with Gasteiger partial charge in [-0.2, -0.15) is 0 Å². The van der Waals surface area contributed by atoms with Crippen molar-refractivity contribution in [3.05, 3.63) is 64.2 Å². The fraction of sp³-hybridized carbons (Fsp3) is 0.188. The first-order chi connectivity index (χ1) is 9.49. The Labute approximate surface area is 124 Å². The van der Waals surface area contributed by atoms with Crippen LogP contribution < -0.4 is 10.6 Å². The molecule has 0 aliphatic rings. The second kappa shape index (κ2) is 5.97. The number of hydrogen-bond acceptors (Lipinski definition) is 2. The van der Waals surface area contributed by atoms with Crippen LogP contribution in [0.1, 0.15) is 16.7 Å². The van der Waals surface area contributed by atoms with E-state index in [1.165, 1.54) is 0 Å². The number of rotatable bonds is 4. The summed E-state index contributed by atoms with van der Waals surface area (Å²) in [5, 5.41) is 8.43. The number of aryl methyl sites for hydroxylation is 1. The maximum Gasteiger partial charge on any atom is 0.124 e. The maximum atomic E-state index is 7.69. The van der Waals surface area contributed by atoms with Crippen LogP contribution in [0.2, 0.25) is 5.02 Å². The van der Waals surface area contributed by atoms with Gasteiger partial charge in [-0.1, -0.05) is 35.9 Å². The normalized spacial score (nSPS) is 10.3. The lowest BCUT2D eigenvalue weighted by Gasteiger charge is -2.23. The fourth-order valence-electron chi connectivity index (χ4n) is 2.15. The van der Waals surface area contributed by atoms with Crippen molar-refractivity contribution in [2.45, 2.75) is 13.5 Å². The van der Waals surface area contributed by atoms with Crippen molar-refractivity contribution >= 4 is 23.1 Å². The van der Waals surface area contributed by atoms with Gasteiger partial charge in [0.05, 0.1) is 0 Å². The number of nitrogens with zero attached hydrogens (tertiary/aromatic N) is 1. The van der Waals surface area contributed by atoms with E-state index in [-0.39, 0.29) is 5.84 Å². The molecule has 0 bridgehead atoms. The zero-order valence-corrected chi connectivity index (χ0v) is 12.4. The van der Waals surface area contributed by atoms with Gasteiger partial charge in [-0.05, 0) is 36.2 Å². The summed E-state index contributed by atoms with van der Waals surface area (Å²) in [6.07, 6.45) is 0. The Morgan fingerprint density at radius 2 is 1.95 bits per heavy atom. The second-order valence-electron chi connectivity index (χ2n) is 4.88. The molecule has 104 valence electrons. The molecule has 2 aromatic carbocycles. The Morgan fingerprint density at radius 3 is 2.60 bits per heavy atom. The highest BCUT2D eigenvalue weighted by Gasteiger charge is 2.11. The molecule has 0 spiro atoms. The summed E-state index contributed by atoms with van der Waals surface area (Å²) in [5.41, 5.74) is 9.52. The van der Waals surface area contributed by atoms with Gasteiger partial charge in [-0.15, -0.1) is 0 Å². The van der Waals surface area contributed by atoms with E-state index < -0.39 is 0 Å². The zero-order chi connectivity index (χ0) is 14.7. The molecule has 0 atom stereocenters. The van der Waals surface area contributed by atoms with Gasteiger partial charge >= 0.3 is 0 Å². The summed E-state index contributed by atoms with van der Waals surface area (Å²) in [5.74, 6) is 0.0750. The number of benzene rings is 2. The maximum absolute atomic E-state index is 7.69. The first-order valence-corrected chi connectivity index (χ1v) is 6.76. The lowest BCUT2D eigenvalue weighted by molar-refractivity contribution is 0.920. The Balaban J connectivity index is 2.34. The Kier molecular flexibility index (Phi) is 4.30. The Hall–Kier alpha value is -2.00. The van der Waals surface area contributed by atoms with Crippen LogP contribution in [0.5, 0.6) is 0 Å². The quantitative estimate of drug-likeness (QED) is 0.667. The van der Waals surface area contributed by atoms with E-state index in [9.17, 15) is 0 Å². The zero-order valence-electron chi connectivity index (χ0n) is 11.7.